The molecule has 0 spiro atoms. The van der Waals surface area contributed by atoms with Gasteiger partial charge in [-0.15, -0.1) is 0 Å². The van der Waals surface area contributed by atoms with E-state index < -0.39 is 5.41 Å². The number of carbonyl (C=O) groups is 2. The summed E-state index contributed by atoms with van der Waals surface area (Å²) < 4.78 is 0. The van der Waals surface area contributed by atoms with E-state index in [1.807, 2.05) is 13.0 Å². The number of nitrogens with one attached hydrogen (secondary N) is 1. The average Bonchev–Trinajstić information content (AvgIpc) is 2.09. The van der Waals surface area contributed by atoms with Crippen LogP contribution in [0.15, 0.2) is 11.8 Å². The van der Waals surface area contributed by atoms with Gasteiger partial charge in [0.25, 0.3) is 0 Å². The van der Waals surface area contributed by atoms with E-state index in [1.54, 1.807) is 0 Å². The molecule has 1 amide bonds. The van der Waals surface area contributed by atoms with Crippen LogP contribution >= 0.6 is 0 Å². The monoisotopic (exact) mass is 179 g/mol. The van der Waals surface area contributed by atoms with Crippen LogP contribution in [0, 0.1) is 5.41 Å². The molecule has 3 nitrogen and oxygen atoms in total. The van der Waals surface area contributed by atoms with Crippen LogP contribution in [0.4, 0.5) is 0 Å². The van der Waals surface area contributed by atoms with Crippen LogP contribution in [-0.4, -0.2) is 11.7 Å². The van der Waals surface area contributed by atoms with Gasteiger partial charge in [-0.2, -0.15) is 0 Å². The maximum absolute atomic E-state index is 11.7. The first kappa shape index (κ1) is 8.48. The summed E-state index contributed by atoms with van der Waals surface area (Å²) in [5.41, 5.74) is 0.437. The van der Waals surface area contributed by atoms with E-state index in [0.717, 1.165) is 12.1 Å². The molecule has 1 unspecified atom stereocenters. The Bertz CT molecular complexity index is 306. The first-order chi connectivity index (χ1) is 6.13. The Balaban J connectivity index is 2.35. The van der Waals surface area contributed by atoms with Crippen molar-refractivity contribution in [1.29, 1.82) is 0 Å². The number of hydrogen-bond acceptors (Lipinski definition) is 2. The molecule has 1 atom stereocenters. The van der Waals surface area contributed by atoms with Gasteiger partial charge in [0.2, 0.25) is 5.91 Å². The van der Waals surface area contributed by atoms with Gasteiger partial charge in [-0.3, -0.25) is 9.59 Å². The quantitative estimate of drug-likeness (QED) is 0.606. The highest BCUT2D eigenvalue weighted by Gasteiger charge is 2.42. The number of Topliss-reactive ketones (excluding diaryl/α,β-unsaturated/α-hetero) is 1. The van der Waals surface area contributed by atoms with Gasteiger partial charge >= 0.3 is 0 Å². The van der Waals surface area contributed by atoms with Crippen molar-refractivity contribution in [3.8, 4) is 0 Å². The maximum atomic E-state index is 11.7. The zero-order chi connectivity index (χ0) is 9.47. The predicted octanol–water partition coefficient (Wildman–Crippen LogP) is 1.15. The molecule has 0 radical (unpaired) electrons. The van der Waals surface area contributed by atoms with Gasteiger partial charge in [0, 0.05) is 18.5 Å². The molecule has 2 rings (SSSR count). The van der Waals surface area contributed by atoms with E-state index in [9.17, 15) is 9.59 Å². The maximum Gasteiger partial charge on any atom is 0.224 e. The van der Waals surface area contributed by atoms with Crippen molar-refractivity contribution in [2.45, 2.75) is 32.6 Å². The molecule has 1 saturated heterocycles. The van der Waals surface area contributed by atoms with Crippen molar-refractivity contribution >= 4 is 11.7 Å². The Morgan fingerprint density at radius 2 is 2.15 bits per heavy atom. The highest BCUT2D eigenvalue weighted by Crippen LogP contribution is 2.39. The third kappa shape index (κ3) is 1.19. The second kappa shape index (κ2) is 2.69. The predicted molar refractivity (Wildman–Crippen MR) is 47.8 cm³/mol. The van der Waals surface area contributed by atoms with E-state index >= 15 is 0 Å². The third-order valence-electron chi connectivity index (χ3n) is 3.06. The van der Waals surface area contributed by atoms with E-state index in [4.69, 9.17) is 0 Å². The van der Waals surface area contributed by atoms with Gasteiger partial charge in [0.1, 0.15) is 5.78 Å². The molecule has 1 heterocycles. The van der Waals surface area contributed by atoms with Crippen molar-refractivity contribution in [2.75, 3.05) is 0 Å². The van der Waals surface area contributed by atoms with Crippen LogP contribution in [0.3, 0.4) is 0 Å². The molecule has 70 valence electrons. The topological polar surface area (TPSA) is 46.2 Å². The van der Waals surface area contributed by atoms with Crippen molar-refractivity contribution in [1.82, 2.24) is 5.32 Å². The summed E-state index contributed by atoms with van der Waals surface area (Å²) in [4.78, 5) is 22.8. The lowest BCUT2D eigenvalue weighted by atomic mass is 9.71. The number of amides is 1. The molecule has 2 aliphatic rings. The minimum absolute atomic E-state index is 0.0402. The molecule has 1 fully saturated rings. The van der Waals surface area contributed by atoms with Crippen LogP contribution in [0.1, 0.15) is 32.6 Å². The Morgan fingerprint density at radius 1 is 1.38 bits per heavy atom. The Morgan fingerprint density at radius 3 is 2.92 bits per heavy atom. The number of ketones is 1. The summed E-state index contributed by atoms with van der Waals surface area (Å²) in [6, 6.07) is 0. The van der Waals surface area contributed by atoms with Gasteiger partial charge < -0.3 is 5.32 Å². The molecule has 3 heteroatoms. The average molecular weight is 179 g/mol. The van der Waals surface area contributed by atoms with Gasteiger partial charge in [-0.05, 0) is 19.8 Å². The number of fused-ring (bicyclic) bond motifs is 1. The normalized spacial score (nSPS) is 33.5. The molecule has 0 aromatic carbocycles. The van der Waals surface area contributed by atoms with Crippen LogP contribution < -0.4 is 5.32 Å². The number of carbonyl (C=O) groups excluding carboxylic acids is 2. The van der Waals surface area contributed by atoms with Crippen molar-refractivity contribution in [2.24, 2.45) is 5.41 Å². The third-order valence-corrected chi connectivity index (χ3v) is 3.06. The zero-order valence-corrected chi connectivity index (χ0v) is 7.72. The summed E-state index contributed by atoms with van der Waals surface area (Å²) in [5, 5.41) is 2.79. The van der Waals surface area contributed by atoms with Gasteiger partial charge in [0.15, 0.2) is 0 Å². The highest BCUT2D eigenvalue weighted by molar-refractivity contribution is 5.92. The number of piperidine rings is 1. The first-order valence-corrected chi connectivity index (χ1v) is 4.67. The molecule has 0 saturated carbocycles. The fourth-order valence-electron chi connectivity index (χ4n) is 2.04. The van der Waals surface area contributed by atoms with Crippen LogP contribution in [0.5, 0.6) is 0 Å². The molecule has 0 aromatic heterocycles. The summed E-state index contributed by atoms with van der Waals surface area (Å²) in [6.45, 7) is 1.93. The fraction of sp³-hybridized carbons (Fsp3) is 0.600. The molecular weight excluding hydrogens is 166 g/mol. The van der Waals surface area contributed by atoms with Crippen molar-refractivity contribution in [3.05, 3.63) is 11.8 Å². The fourth-order valence-corrected chi connectivity index (χ4v) is 2.04. The summed E-state index contributed by atoms with van der Waals surface area (Å²) in [7, 11) is 0. The number of rotatable bonds is 0. The number of hydrogen-bond donors (Lipinski definition) is 1. The van der Waals surface area contributed by atoms with E-state index in [2.05, 4.69) is 5.32 Å². The number of allylic oxidation sites excluding steroid dienone is 2. The van der Waals surface area contributed by atoms with Crippen LogP contribution in [-0.2, 0) is 9.59 Å². The first-order valence-electron chi connectivity index (χ1n) is 4.67. The zero-order valence-electron chi connectivity index (χ0n) is 7.72. The SMILES string of the molecule is CC12CCC(=O)NC1=CCCC2=O. The molecule has 13 heavy (non-hydrogen) atoms. The van der Waals surface area contributed by atoms with Gasteiger partial charge in [-0.1, -0.05) is 6.08 Å². The van der Waals surface area contributed by atoms with Crippen LogP contribution in [0.2, 0.25) is 0 Å². The van der Waals surface area contributed by atoms with E-state index in [-0.39, 0.29) is 11.7 Å². The largest absolute Gasteiger partial charge is 0.329 e. The Labute approximate surface area is 77.2 Å². The molecule has 0 bridgehead atoms. The summed E-state index contributed by atoms with van der Waals surface area (Å²) in [6.07, 6.45) is 4.52. The highest BCUT2D eigenvalue weighted by atomic mass is 16.2. The molecule has 1 aliphatic heterocycles. The van der Waals surface area contributed by atoms with Crippen molar-refractivity contribution < 1.29 is 9.59 Å². The van der Waals surface area contributed by atoms with Crippen LogP contribution in [0.25, 0.3) is 0 Å². The standard InChI is InChI=1S/C10H13NO2/c1-10-6-5-9(13)11-7(10)3-2-4-8(10)12/h3H,2,4-6H2,1H3,(H,11,13). The lowest BCUT2D eigenvalue weighted by molar-refractivity contribution is -0.130. The molecule has 1 N–H and O–H groups in total. The van der Waals surface area contributed by atoms with Crippen molar-refractivity contribution in [3.63, 3.8) is 0 Å². The Hall–Kier alpha value is -1.12. The lowest BCUT2D eigenvalue weighted by Gasteiger charge is -2.37. The van der Waals surface area contributed by atoms with Gasteiger partial charge in [0.05, 0.1) is 5.41 Å². The van der Waals surface area contributed by atoms with E-state index in [0.29, 0.717) is 19.3 Å². The summed E-state index contributed by atoms with van der Waals surface area (Å²) in [5.74, 6) is 0.309. The second-order valence-electron chi connectivity index (χ2n) is 3.96. The van der Waals surface area contributed by atoms with E-state index in [1.165, 1.54) is 0 Å². The summed E-state index contributed by atoms with van der Waals surface area (Å²) >= 11 is 0. The minimum Gasteiger partial charge on any atom is -0.329 e. The van der Waals surface area contributed by atoms with Gasteiger partial charge in [-0.25, -0.2) is 0 Å². The second-order valence-corrected chi connectivity index (χ2v) is 3.96. The Kier molecular flexibility index (Phi) is 1.75. The minimum atomic E-state index is -0.397. The smallest absolute Gasteiger partial charge is 0.224 e. The molecular formula is C10H13NO2. The molecule has 1 aliphatic carbocycles. The molecule has 0 aromatic rings. The lowest BCUT2D eigenvalue weighted by Crippen LogP contribution is -2.45.